The van der Waals surface area contributed by atoms with Gasteiger partial charge >= 0.3 is 18.0 Å². The number of carboxylic acids is 1. The summed E-state index contributed by atoms with van der Waals surface area (Å²) < 4.78 is 4.96. The van der Waals surface area contributed by atoms with Crippen molar-refractivity contribution >= 4 is 18.0 Å². The van der Waals surface area contributed by atoms with E-state index in [4.69, 9.17) is 9.84 Å². The quantitative estimate of drug-likeness (QED) is 0.730. The summed E-state index contributed by atoms with van der Waals surface area (Å²) in [5.74, 6) is -1.67. The standard InChI is InChI=1S/C13H22N2O5/c1-3-10(11(16)17)14-13(19)15-7-5-6-9(8-15)12(18)20-4-2/h9-10H,3-8H2,1-2H3,(H,14,19)(H,16,17). The average molecular weight is 286 g/mol. The molecule has 1 fully saturated rings. The highest BCUT2D eigenvalue weighted by Gasteiger charge is 2.30. The SMILES string of the molecule is CCOC(=O)C1CCCN(C(=O)NC(CC)C(=O)O)C1. The zero-order valence-electron chi connectivity index (χ0n) is 11.9. The van der Waals surface area contributed by atoms with Gasteiger partial charge in [-0.3, -0.25) is 4.79 Å². The van der Waals surface area contributed by atoms with E-state index in [9.17, 15) is 14.4 Å². The van der Waals surface area contributed by atoms with E-state index in [1.54, 1.807) is 13.8 Å². The number of carbonyl (C=O) groups excluding carboxylic acids is 2. The van der Waals surface area contributed by atoms with Gasteiger partial charge in [-0.15, -0.1) is 0 Å². The molecule has 1 saturated heterocycles. The highest BCUT2D eigenvalue weighted by atomic mass is 16.5. The van der Waals surface area contributed by atoms with Crippen LogP contribution in [-0.4, -0.2) is 53.7 Å². The monoisotopic (exact) mass is 286 g/mol. The number of piperidine rings is 1. The van der Waals surface area contributed by atoms with Gasteiger partial charge in [-0.05, 0) is 26.2 Å². The minimum atomic E-state index is -1.06. The van der Waals surface area contributed by atoms with Crippen LogP contribution in [0.2, 0.25) is 0 Å². The maximum absolute atomic E-state index is 12.0. The molecule has 2 unspecified atom stereocenters. The van der Waals surface area contributed by atoms with Crippen molar-refractivity contribution in [3.63, 3.8) is 0 Å². The molecule has 1 aliphatic heterocycles. The van der Waals surface area contributed by atoms with Crippen molar-refractivity contribution < 1.29 is 24.2 Å². The molecule has 0 aromatic heterocycles. The zero-order chi connectivity index (χ0) is 15.1. The first-order valence-electron chi connectivity index (χ1n) is 6.94. The second-order valence-corrected chi connectivity index (χ2v) is 4.79. The van der Waals surface area contributed by atoms with Crippen molar-refractivity contribution in [3.05, 3.63) is 0 Å². The maximum atomic E-state index is 12.0. The van der Waals surface area contributed by atoms with Crippen molar-refractivity contribution in [1.29, 1.82) is 0 Å². The molecule has 0 aromatic carbocycles. The van der Waals surface area contributed by atoms with Crippen LogP contribution in [0.1, 0.15) is 33.1 Å². The fourth-order valence-corrected chi connectivity index (χ4v) is 2.19. The summed E-state index contributed by atoms with van der Waals surface area (Å²) in [7, 11) is 0. The van der Waals surface area contributed by atoms with Crippen LogP contribution in [0.3, 0.4) is 0 Å². The number of aliphatic carboxylic acids is 1. The highest BCUT2D eigenvalue weighted by molar-refractivity contribution is 5.83. The summed E-state index contributed by atoms with van der Waals surface area (Å²) in [6.07, 6.45) is 1.72. The molecule has 2 amide bonds. The number of carboxylic acid groups (broad SMARTS) is 1. The largest absolute Gasteiger partial charge is 0.480 e. The topological polar surface area (TPSA) is 95.9 Å². The van der Waals surface area contributed by atoms with Crippen LogP contribution in [0.5, 0.6) is 0 Å². The molecule has 1 rings (SSSR count). The molecule has 2 atom stereocenters. The van der Waals surface area contributed by atoms with E-state index in [0.717, 1.165) is 0 Å². The lowest BCUT2D eigenvalue weighted by Crippen LogP contribution is -2.51. The van der Waals surface area contributed by atoms with Gasteiger partial charge in [0.15, 0.2) is 0 Å². The smallest absolute Gasteiger partial charge is 0.326 e. The summed E-state index contributed by atoms with van der Waals surface area (Å²) in [5, 5.41) is 11.4. The van der Waals surface area contributed by atoms with Crippen LogP contribution in [0.4, 0.5) is 4.79 Å². The summed E-state index contributed by atoms with van der Waals surface area (Å²) in [6, 6.07) is -1.33. The minimum absolute atomic E-state index is 0.278. The summed E-state index contributed by atoms with van der Waals surface area (Å²) in [4.78, 5) is 36.1. The molecule has 1 heterocycles. The number of ether oxygens (including phenoxy) is 1. The Balaban J connectivity index is 2.55. The Morgan fingerprint density at radius 1 is 1.40 bits per heavy atom. The number of nitrogens with zero attached hydrogens (tertiary/aromatic N) is 1. The normalized spacial score (nSPS) is 20.1. The number of urea groups is 1. The number of esters is 1. The Morgan fingerprint density at radius 3 is 2.65 bits per heavy atom. The lowest BCUT2D eigenvalue weighted by Gasteiger charge is -2.32. The third-order valence-electron chi connectivity index (χ3n) is 3.33. The van der Waals surface area contributed by atoms with Crippen molar-refractivity contribution in [2.45, 2.75) is 39.2 Å². The Hall–Kier alpha value is -1.79. The summed E-state index contributed by atoms with van der Waals surface area (Å²) >= 11 is 0. The van der Waals surface area contributed by atoms with Crippen LogP contribution in [0.15, 0.2) is 0 Å². The molecule has 0 radical (unpaired) electrons. The lowest BCUT2D eigenvalue weighted by molar-refractivity contribution is -0.149. The van der Waals surface area contributed by atoms with E-state index >= 15 is 0 Å². The second-order valence-electron chi connectivity index (χ2n) is 4.79. The Labute approximate surface area is 118 Å². The molecule has 0 aromatic rings. The van der Waals surface area contributed by atoms with E-state index in [1.165, 1.54) is 4.90 Å². The van der Waals surface area contributed by atoms with Crippen LogP contribution in [0, 0.1) is 5.92 Å². The number of likely N-dealkylation sites (tertiary alicyclic amines) is 1. The first kappa shape index (κ1) is 16.3. The van der Waals surface area contributed by atoms with Crippen molar-refractivity contribution in [2.24, 2.45) is 5.92 Å². The van der Waals surface area contributed by atoms with Gasteiger partial charge in [0.2, 0.25) is 0 Å². The number of carbonyl (C=O) groups is 3. The highest BCUT2D eigenvalue weighted by Crippen LogP contribution is 2.18. The number of hydrogen-bond acceptors (Lipinski definition) is 4. The molecule has 0 bridgehead atoms. The van der Waals surface area contributed by atoms with Crippen molar-refractivity contribution in [3.8, 4) is 0 Å². The van der Waals surface area contributed by atoms with Gasteiger partial charge < -0.3 is 20.1 Å². The van der Waals surface area contributed by atoms with E-state index in [2.05, 4.69) is 5.32 Å². The van der Waals surface area contributed by atoms with Crippen LogP contribution >= 0.6 is 0 Å². The van der Waals surface area contributed by atoms with Crippen molar-refractivity contribution in [1.82, 2.24) is 10.2 Å². The third kappa shape index (κ3) is 4.40. The Bertz CT molecular complexity index is 372. The fourth-order valence-electron chi connectivity index (χ4n) is 2.19. The predicted molar refractivity (Wildman–Crippen MR) is 71.2 cm³/mol. The molecule has 114 valence electrons. The Morgan fingerprint density at radius 2 is 2.10 bits per heavy atom. The molecule has 0 aliphatic carbocycles. The zero-order valence-corrected chi connectivity index (χ0v) is 11.9. The average Bonchev–Trinajstić information content (AvgIpc) is 2.44. The third-order valence-corrected chi connectivity index (χ3v) is 3.33. The van der Waals surface area contributed by atoms with Gasteiger partial charge in [0.1, 0.15) is 6.04 Å². The van der Waals surface area contributed by atoms with E-state index in [0.29, 0.717) is 32.4 Å². The predicted octanol–water partition coefficient (Wildman–Crippen LogP) is 0.834. The van der Waals surface area contributed by atoms with Crippen LogP contribution < -0.4 is 5.32 Å². The maximum Gasteiger partial charge on any atom is 0.326 e. The van der Waals surface area contributed by atoms with Crippen molar-refractivity contribution in [2.75, 3.05) is 19.7 Å². The molecule has 2 N–H and O–H groups in total. The molecular weight excluding hydrogens is 264 g/mol. The molecule has 0 saturated carbocycles. The molecular formula is C13H22N2O5. The van der Waals surface area contributed by atoms with Gasteiger partial charge in [0, 0.05) is 13.1 Å². The van der Waals surface area contributed by atoms with Crippen LogP contribution in [0.25, 0.3) is 0 Å². The number of amides is 2. The molecule has 1 aliphatic rings. The molecule has 7 nitrogen and oxygen atoms in total. The number of hydrogen-bond donors (Lipinski definition) is 2. The molecule has 7 heteroatoms. The van der Waals surface area contributed by atoms with Crippen LogP contribution in [-0.2, 0) is 14.3 Å². The Kier molecular flexibility index (Phi) is 6.27. The molecule has 20 heavy (non-hydrogen) atoms. The molecule has 0 spiro atoms. The van der Waals surface area contributed by atoms with Gasteiger partial charge in [-0.2, -0.15) is 0 Å². The van der Waals surface area contributed by atoms with E-state index in [1.807, 2.05) is 0 Å². The van der Waals surface area contributed by atoms with Gasteiger partial charge in [0.05, 0.1) is 12.5 Å². The number of nitrogens with one attached hydrogen (secondary N) is 1. The fraction of sp³-hybridized carbons (Fsp3) is 0.769. The second kappa shape index (κ2) is 7.72. The first-order chi connectivity index (χ1) is 9.49. The lowest BCUT2D eigenvalue weighted by atomic mass is 9.98. The summed E-state index contributed by atoms with van der Waals surface area (Å²) in [5.41, 5.74) is 0. The van der Waals surface area contributed by atoms with Gasteiger partial charge in [-0.25, -0.2) is 9.59 Å². The first-order valence-corrected chi connectivity index (χ1v) is 6.94. The van der Waals surface area contributed by atoms with E-state index < -0.39 is 18.0 Å². The minimum Gasteiger partial charge on any atom is -0.480 e. The van der Waals surface area contributed by atoms with Gasteiger partial charge in [0.25, 0.3) is 0 Å². The number of rotatable bonds is 5. The van der Waals surface area contributed by atoms with E-state index in [-0.39, 0.29) is 18.4 Å². The summed E-state index contributed by atoms with van der Waals surface area (Å²) in [6.45, 7) is 4.55. The van der Waals surface area contributed by atoms with Gasteiger partial charge in [-0.1, -0.05) is 6.92 Å².